The van der Waals surface area contributed by atoms with E-state index >= 15 is 0 Å². The van der Waals surface area contributed by atoms with E-state index in [4.69, 9.17) is 4.74 Å². The molecule has 12 heteroatoms. The fourth-order valence-corrected chi connectivity index (χ4v) is 7.44. The van der Waals surface area contributed by atoms with Crippen LogP contribution in [0.25, 0.3) is 11.1 Å². The average molecular weight is 590 g/mol. The lowest BCUT2D eigenvalue weighted by atomic mass is 10.0. The van der Waals surface area contributed by atoms with Crippen LogP contribution in [-0.2, 0) is 19.4 Å². The van der Waals surface area contributed by atoms with Gasteiger partial charge in [-0.15, -0.1) is 0 Å². The number of alkyl halides is 3. The van der Waals surface area contributed by atoms with Crippen molar-refractivity contribution in [3.63, 3.8) is 0 Å². The van der Waals surface area contributed by atoms with Crippen LogP contribution in [0.15, 0.2) is 47.4 Å². The molecule has 1 aliphatic heterocycles. The number of nitrogens with zero attached hydrogens (tertiary/aromatic N) is 2. The summed E-state index contributed by atoms with van der Waals surface area (Å²) in [7, 11) is -4.17. The topological polar surface area (TPSA) is 117 Å². The average Bonchev–Trinajstić information content (AvgIpc) is 3.84. The smallest absolute Gasteiger partial charge is 0.403 e. The van der Waals surface area contributed by atoms with Crippen molar-refractivity contribution in [2.75, 3.05) is 13.2 Å². The Kier molecular flexibility index (Phi) is 7.09. The minimum atomic E-state index is -4.82. The number of nitriles is 1. The molecular formula is C29H30F3N3O5S. The van der Waals surface area contributed by atoms with E-state index in [1.165, 1.54) is 6.07 Å². The van der Waals surface area contributed by atoms with Gasteiger partial charge in [0.25, 0.3) is 0 Å². The van der Waals surface area contributed by atoms with Gasteiger partial charge in [0.15, 0.2) is 9.84 Å². The lowest BCUT2D eigenvalue weighted by Crippen LogP contribution is -2.53. The lowest BCUT2D eigenvalue weighted by Gasteiger charge is -2.29. The summed E-state index contributed by atoms with van der Waals surface area (Å²) >= 11 is 0. The number of carbonyl (C=O) groups is 2. The summed E-state index contributed by atoms with van der Waals surface area (Å²) in [5, 5.41) is 10.6. The number of benzene rings is 2. The van der Waals surface area contributed by atoms with Crippen molar-refractivity contribution in [1.82, 2.24) is 10.2 Å². The van der Waals surface area contributed by atoms with Gasteiger partial charge in [-0.05, 0) is 69.2 Å². The Balaban J connectivity index is 1.46. The molecule has 41 heavy (non-hydrogen) atoms. The van der Waals surface area contributed by atoms with Crippen molar-refractivity contribution in [3.8, 4) is 22.9 Å². The number of para-hydroxylation sites is 1. The molecule has 2 atom stereocenters. The Morgan fingerprint density at radius 2 is 1.83 bits per heavy atom. The Hall–Kier alpha value is -3.59. The van der Waals surface area contributed by atoms with Gasteiger partial charge < -0.3 is 15.0 Å². The number of sulfone groups is 1. The second kappa shape index (κ2) is 10.0. The fraction of sp³-hybridized carbons (Fsp3) is 0.483. The third-order valence-corrected chi connectivity index (χ3v) is 10.6. The largest absolute Gasteiger partial charge is 0.493 e. The van der Waals surface area contributed by atoms with Crippen LogP contribution in [0.5, 0.6) is 5.75 Å². The van der Waals surface area contributed by atoms with E-state index in [0.717, 1.165) is 16.0 Å². The van der Waals surface area contributed by atoms with Crippen LogP contribution in [0.1, 0.15) is 44.6 Å². The second-order valence-electron chi connectivity index (χ2n) is 11.0. The Morgan fingerprint density at radius 1 is 1.15 bits per heavy atom. The van der Waals surface area contributed by atoms with E-state index in [-0.39, 0.29) is 11.3 Å². The first-order valence-corrected chi connectivity index (χ1v) is 15.0. The molecule has 3 fully saturated rings. The molecule has 1 heterocycles. The number of rotatable bonds is 8. The molecule has 2 aromatic rings. The molecule has 5 rings (SSSR count). The SMILES string of the molecule is CCOc1ccccc1-c1ccc(S(=O)(=O)C2CC(C(=O)NC3(C#N)CC3)N(C(=O)C3(C(F)(F)F)CC3)C2)c(C)c1. The maximum absolute atomic E-state index is 13.9. The number of likely N-dealkylation sites (tertiary alicyclic amines) is 1. The Morgan fingerprint density at radius 3 is 2.39 bits per heavy atom. The summed E-state index contributed by atoms with van der Waals surface area (Å²) in [6.45, 7) is 3.37. The molecule has 0 bridgehead atoms. The van der Waals surface area contributed by atoms with Gasteiger partial charge in [0.1, 0.15) is 22.7 Å². The lowest BCUT2D eigenvalue weighted by molar-refractivity contribution is -0.199. The molecule has 1 N–H and O–H groups in total. The van der Waals surface area contributed by atoms with Crippen molar-refractivity contribution in [2.45, 2.75) is 73.9 Å². The van der Waals surface area contributed by atoms with Gasteiger partial charge in [0.05, 0.1) is 22.8 Å². The molecule has 0 radical (unpaired) electrons. The normalized spacial score (nSPS) is 22.5. The zero-order valence-electron chi connectivity index (χ0n) is 22.6. The second-order valence-corrected chi connectivity index (χ2v) is 13.2. The number of amides is 2. The van der Waals surface area contributed by atoms with E-state index in [2.05, 4.69) is 5.32 Å². The van der Waals surface area contributed by atoms with Crippen molar-refractivity contribution >= 4 is 21.7 Å². The van der Waals surface area contributed by atoms with Crippen LogP contribution in [0.3, 0.4) is 0 Å². The van der Waals surface area contributed by atoms with E-state index in [9.17, 15) is 36.4 Å². The molecule has 2 aromatic carbocycles. The van der Waals surface area contributed by atoms with E-state index < -0.39 is 69.5 Å². The zero-order valence-corrected chi connectivity index (χ0v) is 23.4. The predicted octanol–water partition coefficient (Wildman–Crippen LogP) is 4.32. The Labute approximate surface area is 236 Å². The van der Waals surface area contributed by atoms with Crippen LogP contribution >= 0.6 is 0 Å². The van der Waals surface area contributed by atoms with Gasteiger partial charge in [-0.2, -0.15) is 18.4 Å². The summed E-state index contributed by atoms with van der Waals surface area (Å²) in [4.78, 5) is 27.2. The number of carbonyl (C=O) groups excluding carboxylic acids is 2. The number of hydrogen-bond acceptors (Lipinski definition) is 6. The summed E-state index contributed by atoms with van der Waals surface area (Å²) in [6.07, 6.45) is -5.27. The molecule has 2 aliphatic carbocycles. The highest BCUT2D eigenvalue weighted by Crippen LogP contribution is 2.59. The van der Waals surface area contributed by atoms with Crippen LogP contribution in [0, 0.1) is 23.7 Å². The first-order chi connectivity index (χ1) is 19.3. The van der Waals surface area contributed by atoms with E-state index in [1.807, 2.05) is 31.2 Å². The highest BCUT2D eigenvalue weighted by Gasteiger charge is 2.70. The highest BCUT2D eigenvalue weighted by atomic mass is 32.2. The van der Waals surface area contributed by atoms with Gasteiger partial charge in [0.2, 0.25) is 11.8 Å². The molecule has 2 saturated carbocycles. The van der Waals surface area contributed by atoms with E-state index in [0.29, 0.717) is 30.8 Å². The van der Waals surface area contributed by atoms with Crippen molar-refractivity contribution in [1.29, 1.82) is 5.26 Å². The first kappa shape index (κ1) is 28.9. The van der Waals surface area contributed by atoms with Gasteiger partial charge >= 0.3 is 6.18 Å². The molecule has 218 valence electrons. The summed E-state index contributed by atoms with van der Waals surface area (Å²) in [5.74, 6) is -1.47. The van der Waals surface area contributed by atoms with Crippen molar-refractivity contribution in [2.24, 2.45) is 5.41 Å². The van der Waals surface area contributed by atoms with Crippen LogP contribution in [-0.4, -0.2) is 61.3 Å². The predicted molar refractivity (Wildman–Crippen MR) is 142 cm³/mol. The maximum Gasteiger partial charge on any atom is 0.403 e. The first-order valence-electron chi connectivity index (χ1n) is 13.5. The third-order valence-electron chi connectivity index (χ3n) is 8.27. The molecule has 2 amide bonds. The van der Waals surface area contributed by atoms with Crippen molar-refractivity contribution in [3.05, 3.63) is 48.0 Å². The summed E-state index contributed by atoms with van der Waals surface area (Å²) < 4.78 is 74.9. The number of halogens is 3. The van der Waals surface area contributed by atoms with Gasteiger partial charge in [-0.3, -0.25) is 9.59 Å². The number of hydrogen-bond donors (Lipinski definition) is 1. The molecule has 3 aliphatic rings. The Bertz CT molecular complexity index is 1540. The van der Waals surface area contributed by atoms with Gasteiger partial charge in [-0.1, -0.05) is 30.3 Å². The molecule has 2 unspecified atom stereocenters. The monoisotopic (exact) mass is 589 g/mol. The standard InChI is InChI=1S/C29H30F3N3O5S/c1-3-40-23-7-5-4-6-21(23)19-8-9-24(18(2)14-19)41(38,39)20-15-22(25(36)34-27(17-33)10-11-27)35(16-20)26(37)28(12-13-28)29(30,31)32/h4-9,14,20,22H,3,10-13,15-16H2,1-2H3,(H,34,36). The molecule has 8 nitrogen and oxygen atoms in total. The molecule has 1 saturated heterocycles. The van der Waals surface area contributed by atoms with Crippen LogP contribution < -0.4 is 10.1 Å². The van der Waals surface area contributed by atoms with Gasteiger partial charge in [0, 0.05) is 12.1 Å². The highest BCUT2D eigenvalue weighted by molar-refractivity contribution is 7.92. The summed E-state index contributed by atoms with van der Waals surface area (Å²) in [5.41, 5.74) is -1.84. The van der Waals surface area contributed by atoms with Crippen molar-refractivity contribution < 1.29 is 35.9 Å². The maximum atomic E-state index is 13.9. The van der Waals surface area contributed by atoms with Crippen LogP contribution in [0.2, 0.25) is 0 Å². The number of nitrogens with one attached hydrogen (secondary N) is 1. The fourth-order valence-electron chi connectivity index (χ4n) is 5.52. The van der Waals surface area contributed by atoms with Gasteiger partial charge in [-0.25, -0.2) is 8.42 Å². The zero-order chi connectivity index (χ0) is 29.8. The molecule has 0 spiro atoms. The quantitative estimate of drug-likeness (QED) is 0.490. The molecular weight excluding hydrogens is 559 g/mol. The number of aryl methyl sites for hydroxylation is 1. The summed E-state index contributed by atoms with van der Waals surface area (Å²) in [6, 6.07) is 12.6. The van der Waals surface area contributed by atoms with Crippen LogP contribution in [0.4, 0.5) is 13.2 Å². The van der Waals surface area contributed by atoms with E-state index in [1.54, 1.807) is 25.1 Å². The molecule has 0 aromatic heterocycles. The number of ether oxygens (including phenoxy) is 1. The minimum absolute atomic E-state index is 0.0266. The minimum Gasteiger partial charge on any atom is -0.493 e. The third kappa shape index (κ3) is 5.05.